The molecule has 0 heterocycles. The summed E-state index contributed by atoms with van der Waals surface area (Å²) < 4.78 is 32.0. The minimum Gasteiger partial charge on any atom is -0.497 e. The van der Waals surface area contributed by atoms with Crippen molar-refractivity contribution in [1.29, 1.82) is 0 Å². The molecule has 1 N–H and O–H groups in total. The molecular formula is C30H36ClN3O5S. The average Bonchev–Trinajstić information content (AvgIpc) is 2.94. The Bertz CT molecular complexity index is 1380. The Labute approximate surface area is 241 Å². The number of nitrogens with zero attached hydrogens (tertiary/aromatic N) is 2. The van der Waals surface area contributed by atoms with E-state index in [4.69, 9.17) is 16.3 Å². The maximum absolute atomic E-state index is 14.1. The molecule has 0 bridgehead atoms. The number of unbranched alkanes of at least 4 members (excludes halogenated alkanes) is 1. The first-order valence-electron chi connectivity index (χ1n) is 13.1. The van der Waals surface area contributed by atoms with E-state index in [1.807, 2.05) is 43.3 Å². The van der Waals surface area contributed by atoms with Crippen LogP contribution in [0.5, 0.6) is 5.75 Å². The number of amides is 2. The largest absolute Gasteiger partial charge is 0.497 e. The van der Waals surface area contributed by atoms with Crippen molar-refractivity contribution in [3.63, 3.8) is 0 Å². The summed E-state index contributed by atoms with van der Waals surface area (Å²) >= 11 is 6.33. The van der Waals surface area contributed by atoms with Gasteiger partial charge in [0.25, 0.3) is 0 Å². The fraction of sp³-hybridized carbons (Fsp3) is 0.333. The number of hydrogen-bond acceptors (Lipinski definition) is 5. The average molecular weight is 586 g/mol. The zero-order chi connectivity index (χ0) is 29.1. The predicted molar refractivity (Wildman–Crippen MR) is 159 cm³/mol. The molecule has 1 atom stereocenters. The number of methoxy groups -OCH3 is 1. The van der Waals surface area contributed by atoms with Crippen molar-refractivity contribution in [2.75, 3.05) is 30.8 Å². The summed E-state index contributed by atoms with van der Waals surface area (Å²) in [5.74, 6) is -0.248. The van der Waals surface area contributed by atoms with Gasteiger partial charge in [0.15, 0.2) is 0 Å². The molecule has 40 heavy (non-hydrogen) atoms. The predicted octanol–water partition coefficient (Wildman–Crippen LogP) is 4.67. The Balaban J connectivity index is 2.05. The van der Waals surface area contributed by atoms with Crippen LogP contribution in [0.3, 0.4) is 0 Å². The third kappa shape index (κ3) is 8.72. The first kappa shape index (κ1) is 31.0. The lowest BCUT2D eigenvalue weighted by atomic mass is 10.0. The van der Waals surface area contributed by atoms with Gasteiger partial charge in [-0.3, -0.25) is 13.9 Å². The monoisotopic (exact) mass is 585 g/mol. The summed E-state index contributed by atoms with van der Waals surface area (Å²) in [4.78, 5) is 29.1. The molecule has 3 aromatic rings. The van der Waals surface area contributed by atoms with E-state index in [1.165, 1.54) is 4.90 Å². The SMILES string of the molecule is CCCCNC(=O)[C@H](Cc1ccccc1)N(Cc1cccc(OC)c1)C(=O)CN(c1ccccc1Cl)S(C)(=O)=O. The smallest absolute Gasteiger partial charge is 0.244 e. The van der Waals surface area contributed by atoms with Gasteiger partial charge in [0.1, 0.15) is 18.3 Å². The van der Waals surface area contributed by atoms with Crippen LogP contribution in [-0.4, -0.2) is 57.6 Å². The Kier molecular flexibility index (Phi) is 11.4. The molecule has 0 aromatic heterocycles. The van der Waals surface area contributed by atoms with Crippen molar-refractivity contribution in [3.8, 4) is 5.75 Å². The number of halogens is 1. The molecule has 0 aliphatic carbocycles. The highest BCUT2D eigenvalue weighted by Crippen LogP contribution is 2.28. The summed E-state index contributed by atoms with van der Waals surface area (Å²) in [5.41, 5.74) is 1.79. The molecule has 3 aromatic carbocycles. The van der Waals surface area contributed by atoms with E-state index in [9.17, 15) is 18.0 Å². The topological polar surface area (TPSA) is 96.0 Å². The van der Waals surface area contributed by atoms with Crippen molar-refractivity contribution in [2.24, 2.45) is 0 Å². The summed E-state index contributed by atoms with van der Waals surface area (Å²) in [7, 11) is -2.34. The molecule has 0 saturated carbocycles. The molecule has 0 radical (unpaired) electrons. The van der Waals surface area contributed by atoms with Crippen molar-refractivity contribution in [1.82, 2.24) is 10.2 Å². The number of hydrogen-bond donors (Lipinski definition) is 1. The van der Waals surface area contributed by atoms with Gasteiger partial charge >= 0.3 is 0 Å². The highest BCUT2D eigenvalue weighted by atomic mass is 35.5. The van der Waals surface area contributed by atoms with Gasteiger partial charge in [-0.15, -0.1) is 0 Å². The molecule has 0 spiro atoms. The first-order chi connectivity index (χ1) is 19.1. The van der Waals surface area contributed by atoms with E-state index in [0.29, 0.717) is 12.3 Å². The summed E-state index contributed by atoms with van der Waals surface area (Å²) in [5, 5.41) is 3.15. The Morgan fingerprint density at radius 2 is 1.65 bits per heavy atom. The molecule has 214 valence electrons. The van der Waals surface area contributed by atoms with E-state index in [-0.39, 0.29) is 29.6 Å². The normalized spacial score (nSPS) is 11.9. The highest BCUT2D eigenvalue weighted by Gasteiger charge is 2.33. The zero-order valence-electron chi connectivity index (χ0n) is 23.0. The number of ether oxygens (including phenoxy) is 1. The lowest BCUT2D eigenvalue weighted by Crippen LogP contribution is -2.53. The van der Waals surface area contributed by atoms with Gasteiger partial charge in [0.2, 0.25) is 21.8 Å². The van der Waals surface area contributed by atoms with E-state index in [2.05, 4.69) is 5.32 Å². The maximum Gasteiger partial charge on any atom is 0.244 e. The Morgan fingerprint density at radius 3 is 2.30 bits per heavy atom. The quantitative estimate of drug-likeness (QED) is 0.277. The summed E-state index contributed by atoms with van der Waals surface area (Å²) in [6.07, 6.45) is 2.97. The van der Waals surface area contributed by atoms with Crippen molar-refractivity contribution in [2.45, 2.75) is 38.8 Å². The molecular weight excluding hydrogens is 550 g/mol. The van der Waals surface area contributed by atoms with Crippen LogP contribution in [0.25, 0.3) is 0 Å². The van der Waals surface area contributed by atoms with Crippen molar-refractivity contribution >= 4 is 39.1 Å². The van der Waals surface area contributed by atoms with Gasteiger partial charge < -0.3 is 15.0 Å². The summed E-state index contributed by atoms with van der Waals surface area (Å²) in [6, 6.07) is 22.2. The first-order valence-corrected chi connectivity index (χ1v) is 15.3. The number of carbonyl (C=O) groups is 2. The number of anilines is 1. The second-order valence-electron chi connectivity index (χ2n) is 9.44. The second-order valence-corrected chi connectivity index (χ2v) is 11.8. The molecule has 0 aliphatic rings. The van der Waals surface area contributed by atoms with Crippen molar-refractivity contribution < 1.29 is 22.7 Å². The molecule has 0 fully saturated rings. The highest BCUT2D eigenvalue weighted by molar-refractivity contribution is 7.92. The molecule has 0 saturated heterocycles. The second kappa shape index (κ2) is 14.7. The van der Waals surface area contributed by atoms with Gasteiger partial charge in [-0.05, 0) is 41.8 Å². The zero-order valence-corrected chi connectivity index (χ0v) is 24.6. The number of para-hydroxylation sites is 1. The molecule has 8 nitrogen and oxygen atoms in total. The molecule has 0 aliphatic heterocycles. The Morgan fingerprint density at radius 1 is 0.975 bits per heavy atom. The standard InChI is InChI=1S/C30H36ClN3O5S/c1-4-5-18-32-30(36)28(20-23-12-7-6-8-13-23)33(21-24-14-11-15-25(19-24)39-2)29(35)22-34(40(3,37)38)27-17-10-9-16-26(27)31/h6-17,19,28H,4-5,18,20-22H2,1-3H3,(H,32,36)/t28-/m0/s1. The minimum atomic E-state index is -3.89. The molecule has 0 unspecified atom stereocenters. The van der Waals surface area contributed by atoms with Crippen LogP contribution < -0.4 is 14.4 Å². The molecule has 3 rings (SSSR count). The van der Waals surface area contributed by atoms with Crippen LogP contribution in [0, 0.1) is 0 Å². The number of sulfonamides is 1. The van der Waals surface area contributed by atoms with Crippen LogP contribution in [0.4, 0.5) is 5.69 Å². The lowest BCUT2D eigenvalue weighted by molar-refractivity contribution is -0.140. The maximum atomic E-state index is 14.1. The fourth-order valence-corrected chi connectivity index (χ4v) is 5.43. The van der Waals surface area contributed by atoms with Crippen LogP contribution in [-0.2, 0) is 32.6 Å². The number of benzene rings is 3. The van der Waals surface area contributed by atoms with Gasteiger partial charge in [0.05, 0.1) is 24.1 Å². The third-order valence-electron chi connectivity index (χ3n) is 6.39. The van der Waals surface area contributed by atoms with Gasteiger partial charge in [-0.2, -0.15) is 0 Å². The van der Waals surface area contributed by atoms with Crippen molar-refractivity contribution in [3.05, 3.63) is 95.0 Å². The van der Waals surface area contributed by atoms with Crippen LogP contribution in [0.15, 0.2) is 78.9 Å². The fourth-order valence-electron chi connectivity index (χ4n) is 4.28. The lowest BCUT2D eigenvalue weighted by Gasteiger charge is -2.33. The number of rotatable bonds is 14. The van der Waals surface area contributed by atoms with E-state index >= 15 is 0 Å². The van der Waals surface area contributed by atoms with Crippen LogP contribution >= 0.6 is 11.6 Å². The molecule has 10 heteroatoms. The van der Waals surface area contributed by atoms with E-state index in [1.54, 1.807) is 49.6 Å². The van der Waals surface area contributed by atoms with Gasteiger partial charge in [-0.25, -0.2) is 8.42 Å². The molecule has 2 amide bonds. The van der Waals surface area contributed by atoms with Crippen LogP contribution in [0.1, 0.15) is 30.9 Å². The number of nitrogens with one attached hydrogen (secondary N) is 1. The van der Waals surface area contributed by atoms with Crippen LogP contribution in [0.2, 0.25) is 5.02 Å². The Hall–Kier alpha value is -3.56. The summed E-state index contributed by atoms with van der Waals surface area (Å²) in [6.45, 7) is 2.03. The number of carbonyl (C=O) groups excluding carboxylic acids is 2. The minimum absolute atomic E-state index is 0.0643. The van der Waals surface area contributed by atoms with E-state index < -0.39 is 28.5 Å². The van der Waals surface area contributed by atoms with Gasteiger partial charge in [-0.1, -0.05) is 79.5 Å². The van der Waals surface area contributed by atoms with E-state index in [0.717, 1.165) is 34.5 Å². The third-order valence-corrected chi connectivity index (χ3v) is 7.83. The van der Waals surface area contributed by atoms with Gasteiger partial charge in [0, 0.05) is 19.5 Å².